The van der Waals surface area contributed by atoms with E-state index in [2.05, 4.69) is 26.1 Å². The minimum absolute atomic E-state index is 0.0325. The van der Waals surface area contributed by atoms with Crippen molar-refractivity contribution in [2.75, 3.05) is 79.2 Å². The molecule has 7 aromatic rings. The van der Waals surface area contributed by atoms with Crippen molar-refractivity contribution in [2.45, 2.75) is 65.3 Å². The minimum Gasteiger partial charge on any atom is -0.508 e. The molecule has 1 aliphatic heterocycles. The van der Waals surface area contributed by atoms with Crippen LogP contribution in [0.4, 0.5) is 0 Å². The molecule has 0 bridgehead atoms. The van der Waals surface area contributed by atoms with Gasteiger partial charge in [0.15, 0.2) is 5.75 Å². The molecular formula is C63H72N6O14S2. The predicted octanol–water partition coefficient (Wildman–Crippen LogP) is 8.80. The van der Waals surface area contributed by atoms with E-state index in [1.807, 2.05) is 76.5 Å². The third-order valence-corrected chi connectivity index (χ3v) is 15.8. The normalized spacial score (nSPS) is 15.0. The SMILES string of the molecule is Cc1ncsc1-c1ccc([C@H](C)NC(=O)[C@@H]2C[C@@H](O)CN2C(=O)[C@@H](NC(=O)COCCOCCOCCOCCOCCOc2ccc(/C=N/NC(=O)c3cccc(Oc4c(-c5ccc(O)cc5)sc5cc(O)ccc45)c3)cc2)C(C)(C)C)cc1. The quantitative estimate of drug-likeness (QED) is 0.0140. The Morgan fingerprint density at radius 2 is 1.36 bits per heavy atom. The van der Waals surface area contributed by atoms with E-state index in [0.29, 0.717) is 75.7 Å². The summed E-state index contributed by atoms with van der Waals surface area (Å²) >= 11 is 3.01. The highest BCUT2D eigenvalue weighted by Gasteiger charge is 2.44. The first-order chi connectivity index (χ1) is 41.0. The van der Waals surface area contributed by atoms with Gasteiger partial charge in [0.25, 0.3) is 5.91 Å². The largest absolute Gasteiger partial charge is 0.508 e. The third kappa shape index (κ3) is 18.4. The van der Waals surface area contributed by atoms with E-state index >= 15 is 0 Å². The summed E-state index contributed by atoms with van der Waals surface area (Å²) in [5.41, 5.74) is 8.45. The number of benzene rings is 5. The summed E-state index contributed by atoms with van der Waals surface area (Å²) < 4.78 is 40.9. The van der Waals surface area contributed by atoms with Gasteiger partial charge < -0.3 is 64.0 Å². The molecule has 0 saturated carbocycles. The summed E-state index contributed by atoms with van der Waals surface area (Å²) in [5.74, 6) is 0.151. The maximum atomic E-state index is 14.0. The second-order valence-electron chi connectivity index (χ2n) is 21.1. The van der Waals surface area contributed by atoms with Crippen molar-refractivity contribution in [1.29, 1.82) is 0 Å². The van der Waals surface area contributed by atoms with Crippen LogP contribution >= 0.6 is 22.7 Å². The van der Waals surface area contributed by atoms with Gasteiger partial charge in [0.1, 0.15) is 48.3 Å². The molecule has 1 saturated heterocycles. The number of aliphatic hydroxyl groups excluding tert-OH is 1. The molecule has 1 aliphatic rings. The van der Waals surface area contributed by atoms with Gasteiger partial charge in [0.2, 0.25) is 17.7 Å². The second-order valence-corrected chi connectivity index (χ2v) is 23.0. The molecular weight excluding hydrogens is 1130 g/mol. The first kappa shape index (κ1) is 63.2. The number of amides is 4. The van der Waals surface area contributed by atoms with Gasteiger partial charge in [-0.2, -0.15) is 5.10 Å². The van der Waals surface area contributed by atoms with Crippen LogP contribution < -0.4 is 25.5 Å². The number of phenolic OH excluding ortho intramolecular Hbond substituents is 2. The molecule has 3 heterocycles. The molecule has 20 nitrogen and oxygen atoms in total. The molecule has 0 spiro atoms. The molecule has 450 valence electrons. The molecule has 0 unspecified atom stereocenters. The number of hydrazone groups is 1. The molecule has 1 fully saturated rings. The maximum absolute atomic E-state index is 14.0. The van der Waals surface area contributed by atoms with Crippen LogP contribution in [-0.4, -0.2) is 152 Å². The van der Waals surface area contributed by atoms with Crippen LogP contribution in [0.5, 0.6) is 28.7 Å². The van der Waals surface area contributed by atoms with Crippen LogP contribution in [0.3, 0.4) is 0 Å². The van der Waals surface area contributed by atoms with Gasteiger partial charge in [-0.25, -0.2) is 10.4 Å². The number of thiophene rings is 1. The van der Waals surface area contributed by atoms with Gasteiger partial charge in [0, 0.05) is 28.6 Å². The van der Waals surface area contributed by atoms with Gasteiger partial charge in [-0.05, 0) is 126 Å². The van der Waals surface area contributed by atoms with Crippen molar-refractivity contribution >= 4 is 62.6 Å². The molecule has 4 atom stereocenters. The highest BCUT2D eigenvalue weighted by Crippen LogP contribution is 2.47. The standard InChI is InChI=1S/C63H72N6O14S2/c1-40(43-11-13-44(14-12-43)57-41(2)64-39-84-57)66-61(75)53-34-49(72)37-69(53)62(76)59(63(3,4)5)67-55(73)38-81-30-29-79-26-25-77-23-24-78-27-28-80-31-32-82-50-20-9-42(10-21-50)36-65-68-60(74)46-7-6-8-51(33-46)83-56-52-22-19-48(71)35-54(52)85-58(56)45-15-17-47(70)18-16-45/h6-22,33,35-36,39-40,49,53,59,70-72H,23-32,34,37-38H2,1-5H3,(H,66,75)(H,67,73)(H,68,74)/b65-36+/t40-,49+,53-,59+/m0/s1. The lowest BCUT2D eigenvalue weighted by Gasteiger charge is -2.35. The van der Waals surface area contributed by atoms with E-state index in [9.17, 15) is 34.5 Å². The Balaban J connectivity index is 0.631. The Kier molecular flexibility index (Phi) is 22.9. The van der Waals surface area contributed by atoms with Crippen molar-refractivity contribution < 1.29 is 67.7 Å². The number of thiazole rings is 1. The molecule has 6 N–H and O–H groups in total. The number of aryl methyl sites for hydroxylation is 1. The molecule has 8 rings (SSSR count). The number of nitrogens with one attached hydrogen (secondary N) is 3. The number of likely N-dealkylation sites (tertiary alicyclic amines) is 1. The third-order valence-electron chi connectivity index (χ3n) is 13.6. The zero-order valence-corrected chi connectivity index (χ0v) is 49.7. The average molecular weight is 1200 g/mol. The van der Waals surface area contributed by atoms with Gasteiger partial charge in [-0.3, -0.25) is 19.2 Å². The van der Waals surface area contributed by atoms with E-state index in [4.69, 9.17) is 33.2 Å². The fourth-order valence-corrected chi connectivity index (χ4v) is 11.1. The second kappa shape index (κ2) is 30.8. The van der Waals surface area contributed by atoms with Crippen LogP contribution in [-0.2, 0) is 38.1 Å². The van der Waals surface area contributed by atoms with Gasteiger partial charge in [-0.15, -0.1) is 22.7 Å². The van der Waals surface area contributed by atoms with Crippen LogP contribution in [0.25, 0.3) is 31.0 Å². The smallest absolute Gasteiger partial charge is 0.271 e. The number of carbonyl (C=O) groups is 4. The van der Waals surface area contributed by atoms with Gasteiger partial charge in [0.05, 0.1) is 98.8 Å². The Bertz CT molecular complexity index is 3350. The highest BCUT2D eigenvalue weighted by atomic mass is 32.1. The summed E-state index contributed by atoms with van der Waals surface area (Å²) in [4.78, 5) is 61.3. The summed E-state index contributed by atoms with van der Waals surface area (Å²) in [5, 5.41) is 41.3. The topological polar surface area (TPSA) is 258 Å². The average Bonchev–Trinajstić information content (AvgIpc) is 2.12. The molecule has 85 heavy (non-hydrogen) atoms. The number of fused-ring (bicyclic) bond motifs is 1. The van der Waals surface area contributed by atoms with Crippen LogP contribution in [0.2, 0.25) is 0 Å². The zero-order chi connectivity index (χ0) is 60.3. The Hall–Kier alpha value is -7.80. The number of carbonyl (C=O) groups excluding carboxylic acids is 4. The number of nitrogens with zero attached hydrogens (tertiary/aromatic N) is 3. The molecule has 4 amide bonds. The molecule has 0 aliphatic carbocycles. The number of aliphatic hydroxyl groups is 1. The number of aromatic nitrogens is 1. The first-order valence-corrected chi connectivity index (χ1v) is 29.6. The fraction of sp³-hybridized carbons (Fsp3) is 0.365. The van der Waals surface area contributed by atoms with Crippen molar-refractivity contribution in [2.24, 2.45) is 10.5 Å². The number of phenols is 2. The van der Waals surface area contributed by atoms with Crippen LogP contribution in [0.15, 0.2) is 126 Å². The van der Waals surface area contributed by atoms with E-state index in [1.54, 1.807) is 90.2 Å². The van der Waals surface area contributed by atoms with Crippen molar-refractivity contribution in [1.82, 2.24) is 25.9 Å². The monoisotopic (exact) mass is 1200 g/mol. The predicted molar refractivity (Wildman–Crippen MR) is 325 cm³/mol. The molecule has 0 radical (unpaired) electrons. The van der Waals surface area contributed by atoms with Gasteiger partial charge in [-0.1, -0.05) is 51.1 Å². The van der Waals surface area contributed by atoms with Gasteiger partial charge >= 0.3 is 0 Å². The highest BCUT2D eigenvalue weighted by molar-refractivity contribution is 7.22. The molecule has 5 aromatic carbocycles. The van der Waals surface area contributed by atoms with Crippen LogP contribution in [0, 0.1) is 12.3 Å². The summed E-state index contributed by atoms with van der Waals surface area (Å²) in [6.07, 6.45) is 0.716. The number of ether oxygens (including phenoxy) is 7. The van der Waals surface area contributed by atoms with Crippen molar-refractivity contribution in [3.8, 4) is 49.6 Å². The number of hydrogen-bond acceptors (Lipinski definition) is 18. The fourth-order valence-electron chi connectivity index (χ4n) is 9.15. The zero-order valence-electron chi connectivity index (χ0n) is 48.1. The number of β-amino-alcohol motifs (C(OH)–C–C–N with tert-alkyl or cyclic N) is 1. The Labute approximate surface area is 501 Å². The van der Waals surface area contributed by atoms with E-state index in [1.165, 1.54) is 22.5 Å². The number of aromatic hydroxyl groups is 2. The Morgan fingerprint density at radius 1 is 0.741 bits per heavy atom. The van der Waals surface area contributed by atoms with Crippen molar-refractivity contribution in [3.05, 3.63) is 143 Å². The van der Waals surface area contributed by atoms with E-state index in [0.717, 1.165) is 47.8 Å². The lowest BCUT2D eigenvalue weighted by Crippen LogP contribution is -2.58. The first-order valence-electron chi connectivity index (χ1n) is 27.9. The van der Waals surface area contributed by atoms with Crippen LogP contribution in [0.1, 0.15) is 67.3 Å². The molecule has 22 heteroatoms. The summed E-state index contributed by atoms with van der Waals surface area (Å²) in [7, 11) is 0. The summed E-state index contributed by atoms with van der Waals surface area (Å²) in [6, 6.07) is 31.4. The lowest BCUT2D eigenvalue weighted by atomic mass is 9.85. The summed E-state index contributed by atoms with van der Waals surface area (Å²) in [6.45, 7) is 12.2. The van der Waals surface area contributed by atoms with E-state index < -0.39 is 41.3 Å². The van der Waals surface area contributed by atoms with Crippen molar-refractivity contribution in [3.63, 3.8) is 0 Å². The van der Waals surface area contributed by atoms with E-state index in [-0.39, 0.29) is 56.2 Å². The maximum Gasteiger partial charge on any atom is 0.271 e. The number of hydrogen-bond donors (Lipinski definition) is 6. The minimum atomic E-state index is -0.984. The lowest BCUT2D eigenvalue weighted by molar-refractivity contribution is -0.144. The molecule has 2 aromatic heterocycles. The Morgan fingerprint density at radius 3 is 2.01 bits per heavy atom. The number of rotatable bonds is 30.